The van der Waals surface area contributed by atoms with Crippen LogP contribution in [0, 0.1) is 0 Å². The lowest BCUT2D eigenvalue weighted by atomic mass is 9.74. The number of aromatic nitrogens is 2. The standard InChI is InChI=1S/C21H21N3O/c25-21(15-7-9-19-16(12-15)13-22-23-19)24-11-3-6-18-17-5-2-1-4-14(17)8-10-20(18)24/h1-2,4-5,7,9,12-13,18,20H,3,6,8,10-11H2,(H,22,23). The lowest BCUT2D eigenvalue weighted by Crippen LogP contribution is -2.49. The molecule has 0 radical (unpaired) electrons. The van der Waals surface area contributed by atoms with E-state index in [1.165, 1.54) is 17.5 Å². The van der Waals surface area contributed by atoms with Gasteiger partial charge in [-0.1, -0.05) is 24.3 Å². The molecule has 1 aliphatic carbocycles. The first-order valence-electron chi connectivity index (χ1n) is 9.13. The zero-order valence-corrected chi connectivity index (χ0v) is 14.1. The number of nitrogens with one attached hydrogen (secondary N) is 1. The Hall–Kier alpha value is -2.62. The molecule has 1 amide bonds. The third kappa shape index (κ3) is 2.36. The van der Waals surface area contributed by atoms with E-state index in [1.54, 1.807) is 6.20 Å². The summed E-state index contributed by atoms with van der Waals surface area (Å²) in [6.45, 7) is 0.867. The molecule has 3 aromatic rings. The SMILES string of the molecule is O=C(c1ccc2[nH]ncc2c1)N1CCCC2c3ccccc3CCC21. The van der Waals surface area contributed by atoms with Crippen LogP contribution in [-0.4, -0.2) is 33.6 Å². The van der Waals surface area contributed by atoms with Gasteiger partial charge >= 0.3 is 0 Å². The van der Waals surface area contributed by atoms with Gasteiger partial charge in [-0.25, -0.2) is 0 Å². The van der Waals surface area contributed by atoms with Crippen LogP contribution in [0.3, 0.4) is 0 Å². The average Bonchev–Trinajstić information content (AvgIpc) is 3.14. The van der Waals surface area contributed by atoms with Gasteiger partial charge in [-0.2, -0.15) is 5.10 Å². The highest BCUT2D eigenvalue weighted by Crippen LogP contribution is 2.41. The molecule has 5 rings (SSSR count). The fourth-order valence-corrected chi connectivity index (χ4v) is 4.70. The number of H-pyrrole nitrogens is 1. The number of amides is 1. The number of rotatable bonds is 1. The fraction of sp³-hybridized carbons (Fsp3) is 0.333. The Morgan fingerprint density at radius 2 is 2.08 bits per heavy atom. The number of fused-ring (bicyclic) bond motifs is 4. The average molecular weight is 331 g/mol. The van der Waals surface area contributed by atoms with Crippen LogP contribution < -0.4 is 0 Å². The van der Waals surface area contributed by atoms with Crippen LogP contribution in [0.25, 0.3) is 10.9 Å². The molecule has 2 aliphatic rings. The van der Waals surface area contributed by atoms with E-state index in [9.17, 15) is 4.79 Å². The highest BCUT2D eigenvalue weighted by Gasteiger charge is 2.38. The van der Waals surface area contributed by atoms with Crippen molar-refractivity contribution in [1.29, 1.82) is 0 Å². The molecule has 4 heteroatoms. The minimum Gasteiger partial charge on any atom is -0.335 e. The summed E-state index contributed by atoms with van der Waals surface area (Å²) < 4.78 is 0. The maximum atomic E-state index is 13.2. The summed E-state index contributed by atoms with van der Waals surface area (Å²) in [5.74, 6) is 0.650. The number of nitrogens with zero attached hydrogens (tertiary/aromatic N) is 2. The highest BCUT2D eigenvalue weighted by molar-refractivity contribution is 5.98. The summed E-state index contributed by atoms with van der Waals surface area (Å²) >= 11 is 0. The lowest BCUT2D eigenvalue weighted by molar-refractivity contribution is 0.0547. The lowest BCUT2D eigenvalue weighted by Gasteiger charge is -2.45. The number of carbonyl (C=O) groups excluding carboxylic acids is 1. The van der Waals surface area contributed by atoms with Crippen molar-refractivity contribution in [2.75, 3.05) is 6.54 Å². The fourth-order valence-electron chi connectivity index (χ4n) is 4.70. The van der Waals surface area contributed by atoms with E-state index < -0.39 is 0 Å². The molecule has 2 heterocycles. The second-order valence-corrected chi connectivity index (χ2v) is 7.22. The van der Waals surface area contributed by atoms with E-state index in [0.29, 0.717) is 12.0 Å². The zero-order chi connectivity index (χ0) is 16.8. The molecule has 126 valence electrons. The van der Waals surface area contributed by atoms with E-state index in [-0.39, 0.29) is 5.91 Å². The van der Waals surface area contributed by atoms with E-state index >= 15 is 0 Å². The maximum absolute atomic E-state index is 13.2. The summed E-state index contributed by atoms with van der Waals surface area (Å²) in [6, 6.07) is 14.9. The van der Waals surface area contributed by atoms with Gasteiger partial charge in [0.25, 0.3) is 5.91 Å². The van der Waals surface area contributed by atoms with Gasteiger partial charge in [-0.05, 0) is 55.0 Å². The molecule has 0 saturated carbocycles. The van der Waals surface area contributed by atoms with Gasteiger partial charge in [0.1, 0.15) is 0 Å². The normalized spacial score (nSPS) is 22.5. The van der Waals surface area contributed by atoms with Crippen molar-refractivity contribution in [3.8, 4) is 0 Å². The molecule has 4 nitrogen and oxygen atoms in total. The van der Waals surface area contributed by atoms with E-state index in [2.05, 4.69) is 39.4 Å². The van der Waals surface area contributed by atoms with Crippen molar-refractivity contribution in [2.45, 2.75) is 37.6 Å². The largest absolute Gasteiger partial charge is 0.335 e. The van der Waals surface area contributed by atoms with E-state index in [0.717, 1.165) is 42.3 Å². The van der Waals surface area contributed by atoms with Gasteiger partial charge in [0, 0.05) is 29.5 Å². The van der Waals surface area contributed by atoms with Crippen LogP contribution in [0.4, 0.5) is 0 Å². The number of benzene rings is 2. The molecular formula is C21H21N3O. The summed E-state index contributed by atoms with van der Waals surface area (Å²) in [4.78, 5) is 15.4. The predicted molar refractivity (Wildman–Crippen MR) is 97.7 cm³/mol. The smallest absolute Gasteiger partial charge is 0.254 e. The Bertz CT molecular complexity index is 945. The first-order chi connectivity index (χ1) is 12.3. The topological polar surface area (TPSA) is 49.0 Å². The van der Waals surface area contributed by atoms with Crippen molar-refractivity contribution in [3.05, 3.63) is 65.4 Å². The van der Waals surface area contributed by atoms with Crippen LogP contribution in [0.1, 0.15) is 46.7 Å². The third-order valence-corrected chi connectivity index (χ3v) is 5.89. The number of carbonyl (C=O) groups is 1. The number of piperidine rings is 1. The second-order valence-electron chi connectivity index (χ2n) is 7.22. The zero-order valence-electron chi connectivity index (χ0n) is 14.1. The molecule has 1 saturated heterocycles. The van der Waals surface area contributed by atoms with Gasteiger partial charge in [0.05, 0.1) is 11.7 Å². The first-order valence-corrected chi connectivity index (χ1v) is 9.13. The van der Waals surface area contributed by atoms with Crippen molar-refractivity contribution in [2.24, 2.45) is 0 Å². The van der Waals surface area contributed by atoms with Crippen LogP contribution in [0.2, 0.25) is 0 Å². The molecular weight excluding hydrogens is 310 g/mol. The highest BCUT2D eigenvalue weighted by atomic mass is 16.2. The molecule has 2 unspecified atom stereocenters. The van der Waals surface area contributed by atoms with Crippen molar-refractivity contribution >= 4 is 16.8 Å². The Labute approximate surface area is 146 Å². The summed E-state index contributed by atoms with van der Waals surface area (Å²) in [6.07, 6.45) is 6.19. The molecule has 25 heavy (non-hydrogen) atoms. The molecule has 1 aromatic heterocycles. The Balaban J connectivity index is 1.48. The maximum Gasteiger partial charge on any atom is 0.254 e. The quantitative estimate of drug-likeness (QED) is 0.735. The van der Waals surface area contributed by atoms with Gasteiger partial charge in [-0.15, -0.1) is 0 Å². The van der Waals surface area contributed by atoms with Gasteiger partial charge in [0.2, 0.25) is 0 Å². The number of hydrogen-bond acceptors (Lipinski definition) is 2. The predicted octanol–water partition coefficient (Wildman–Crippen LogP) is 3.90. The molecule has 2 atom stereocenters. The first kappa shape index (κ1) is 14.7. The van der Waals surface area contributed by atoms with Crippen molar-refractivity contribution in [1.82, 2.24) is 15.1 Å². The number of hydrogen-bond donors (Lipinski definition) is 1. The van der Waals surface area contributed by atoms with Crippen LogP contribution >= 0.6 is 0 Å². The molecule has 1 N–H and O–H groups in total. The van der Waals surface area contributed by atoms with Gasteiger partial charge in [0.15, 0.2) is 0 Å². The summed E-state index contributed by atoms with van der Waals surface area (Å²) in [5, 5.41) is 8.00. The molecule has 1 fully saturated rings. The second kappa shape index (κ2) is 5.73. The van der Waals surface area contributed by atoms with Crippen molar-refractivity contribution < 1.29 is 4.79 Å². The third-order valence-electron chi connectivity index (χ3n) is 5.89. The van der Waals surface area contributed by atoms with Crippen LogP contribution in [0.15, 0.2) is 48.7 Å². The molecule has 2 aromatic carbocycles. The summed E-state index contributed by atoms with van der Waals surface area (Å²) in [5.41, 5.74) is 4.67. The minimum atomic E-state index is 0.164. The molecule has 0 bridgehead atoms. The van der Waals surface area contributed by atoms with Crippen molar-refractivity contribution in [3.63, 3.8) is 0 Å². The Kier molecular flexibility index (Phi) is 3.37. The van der Waals surface area contributed by atoms with E-state index in [1.807, 2.05) is 18.2 Å². The Morgan fingerprint density at radius 3 is 3.04 bits per heavy atom. The number of likely N-dealkylation sites (tertiary alicyclic amines) is 1. The number of aromatic amines is 1. The van der Waals surface area contributed by atoms with Crippen LogP contribution in [-0.2, 0) is 6.42 Å². The van der Waals surface area contributed by atoms with Gasteiger partial charge < -0.3 is 4.90 Å². The summed E-state index contributed by atoms with van der Waals surface area (Å²) in [7, 11) is 0. The minimum absolute atomic E-state index is 0.164. The Morgan fingerprint density at radius 1 is 1.16 bits per heavy atom. The monoisotopic (exact) mass is 331 g/mol. The van der Waals surface area contributed by atoms with Gasteiger partial charge in [-0.3, -0.25) is 9.89 Å². The van der Waals surface area contributed by atoms with E-state index in [4.69, 9.17) is 0 Å². The molecule has 1 aliphatic heterocycles. The van der Waals surface area contributed by atoms with Crippen LogP contribution in [0.5, 0.6) is 0 Å². The molecule has 0 spiro atoms. The number of aryl methyl sites for hydroxylation is 1.